The highest BCUT2D eigenvalue weighted by Crippen LogP contribution is 2.13. The minimum Gasteiger partial charge on any atom is -0.496 e. The van der Waals surface area contributed by atoms with E-state index < -0.39 is 0 Å². The van der Waals surface area contributed by atoms with Gasteiger partial charge < -0.3 is 9.47 Å². The third-order valence-corrected chi connectivity index (χ3v) is 6.10. The van der Waals surface area contributed by atoms with E-state index in [1.807, 2.05) is 0 Å². The summed E-state index contributed by atoms with van der Waals surface area (Å²) in [6.45, 7) is 12.3. The van der Waals surface area contributed by atoms with E-state index >= 15 is 0 Å². The number of unbranched alkanes of at least 4 members (excludes halogenated alkanes) is 18. The molecule has 0 spiro atoms. The lowest BCUT2D eigenvalue weighted by molar-refractivity contribution is 0.0377. The number of ether oxygens (including phenoxy) is 2. The molecule has 0 aromatic carbocycles. The van der Waals surface area contributed by atoms with Crippen LogP contribution in [0.2, 0.25) is 0 Å². The molecule has 30 heavy (non-hydrogen) atoms. The van der Waals surface area contributed by atoms with Gasteiger partial charge in [-0.1, -0.05) is 136 Å². The standard InChI is InChI=1S/C28H56O2/c1-5-7-9-11-13-15-17-19-21-23-25-29-27(3)28(4)30-26-24-22-20-18-16-14-12-10-8-6-2/h28H,3,5-26H2,1-2,4H3. The van der Waals surface area contributed by atoms with Crippen molar-refractivity contribution >= 4 is 0 Å². The van der Waals surface area contributed by atoms with Gasteiger partial charge in [0.1, 0.15) is 11.9 Å². The fourth-order valence-electron chi connectivity index (χ4n) is 3.85. The van der Waals surface area contributed by atoms with Crippen LogP contribution in [0.3, 0.4) is 0 Å². The summed E-state index contributed by atoms with van der Waals surface area (Å²) in [7, 11) is 0. The number of hydrogen-bond donors (Lipinski definition) is 0. The Morgan fingerprint density at radius 3 is 1.27 bits per heavy atom. The molecule has 0 aliphatic rings. The maximum absolute atomic E-state index is 5.90. The Hall–Kier alpha value is -0.500. The summed E-state index contributed by atoms with van der Waals surface area (Å²) in [5.41, 5.74) is 0. The number of hydrogen-bond acceptors (Lipinski definition) is 2. The zero-order valence-corrected chi connectivity index (χ0v) is 21.2. The highest BCUT2D eigenvalue weighted by atomic mass is 16.5. The fourth-order valence-corrected chi connectivity index (χ4v) is 3.85. The Kier molecular flexibility index (Phi) is 24.4. The van der Waals surface area contributed by atoms with Gasteiger partial charge in [-0.2, -0.15) is 0 Å². The highest BCUT2D eigenvalue weighted by molar-refractivity contribution is 4.90. The van der Waals surface area contributed by atoms with Gasteiger partial charge >= 0.3 is 0 Å². The van der Waals surface area contributed by atoms with E-state index in [0.29, 0.717) is 0 Å². The zero-order valence-electron chi connectivity index (χ0n) is 21.2. The molecule has 0 amide bonds. The SMILES string of the molecule is C=C(OCCCCCCCCCCCC)C(C)OCCCCCCCCCCCC. The van der Waals surface area contributed by atoms with Crippen LogP contribution in [-0.2, 0) is 9.47 Å². The summed E-state index contributed by atoms with van der Waals surface area (Å²) in [6, 6.07) is 0. The van der Waals surface area contributed by atoms with E-state index in [2.05, 4.69) is 27.4 Å². The molecule has 0 N–H and O–H groups in total. The van der Waals surface area contributed by atoms with Crippen molar-refractivity contribution in [1.82, 2.24) is 0 Å². The van der Waals surface area contributed by atoms with Gasteiger partial charge in [0, 0.05) is 6.61 Å². The first-order valence-electron chi connectivity index (χ1n) is 13.7. The van der Waals surface area contributed by atoms with Crippen LogP contribution in [0.5, 0.6) is 0 Å². The molecule has 0 fully saturated rings. The lowest BCUT2D eigenvalue weighted by atomic mass is 10.1. The smallest absolute Gasteiger partial charge is 0.117 e. The lowest BCUT2D eigenvalue weighted by Gasteiger charge is -2.17. The molecule has 0 radical (unpaired) electrons. The van der Waals surface area contributed by atoms with Crippen LogP contribution < -0.4 is 0 Å². The minimum absolute atomic E-state index is 0.0201. The summed E-state index contributed by atoms with van der Waals surface area (Å²) < 4.78 is 11.7. The molecular weight excluding hydrogens is 368 g/mol. The molecule has 180 valence electrons. The molecule has 1 atom stereocenters. The van der Waals surface area contributed by atoms with Crippen molar-refractivity contribution < 1.29 is 9.47 Å². The van der Waals surface area contributed by atoms with E-state index in [1.165, 1.54) is 116 Å². The Morgan fingerprint density at radius 2 is 0.867 bits per heavy atom. The maximum atomic E-state index is 5.90. The van der Waals surface area contributed by atoms with Gasteiger partial charge in [-0.15, -0.1) is 0 Å². The third-order valence-electron chi connectivity index (χ3n) is 6.10. The summed E-state index contributed by atoms with van der Waals surface area (Å²) in [4.78, 5) is 0. The molecular formula is C28H56O2. The summed E-state index contributed by atoms with van der Waals surface area (Å²) >= 11 is 0. The van der Waals surface area contributed by atoms with Gasteiger partial charge in [0.2, 0.25) is 0 Å². The molecule has 0 saturated heterocycles. The van der Waals surface area contributed by atoms with Crippen LogP contribution >= 0.6 is 0 Å². The van der Waals surface area contributed by atoms with Gasteiger partial charge in [-0.3, -0.25) is 0 Å². The second-order valence-corrected chi connectivity index (χ2v) is 9.19. The maximum Gasteiger partial charge on any atom is 0.117 e. The minimum atomic E-state index is 0.0201. The molecule has 0 aromatic heterocycles. The van der Waals surface area contributed by atoms with Gasteiger partial charge in [0.15, 0.2) is 0 Å². The van der Waals surface area contributed by atoms with Crippen molar-refractivity contribution in [2.75, 3.05) is 13.2 Å². The third kappa shape index (κ3) is 22.2. The average Bonchev–Trinajstić information content (AvgIpc) is 2.75. The Balaban J connectivity index is 3.30. The molecule has 0 saturated carbocycles. The Morgan fingerprint density at radius 1 is 0.533 bits per heavy atom. The van der Waals surface area contributed by atoms with E-state index in [9.17, 15) is 0 Å². The van der Waals surface area contributed by atoms with Gasteiger partial charge in [-0.05, 0) is 19.8 Å². The largest absolute Gasteiger partial charge is 0.496 e. The van der Waals surface area contributed by atoms with Crippen LogP contribution in [0.25, 0.3) is 0 Å². The lowest BCUT2D eigenvalue weighted by Crippen LogP contribution is -2.14. The van der Waals surface area contributed by atoms with Crippen LogP contribution in [0.1, 0.15) is 149 Å². The molecule has 2 nitrogen and oxygen atoms in total. The molecule has 0 bridgehead atoms. The predicted octanol–water partition coefficient (Wildman–Crippen LogP) is 9.76. The zero-order chi connectivity index (χ0) is 22.1. The molecule has 0 aliphatic carbocycles. The second-order valence-electron chi connectivity index (χ2n) is 9.19. The first-order chi connectivity index (χ1) is 14.7. The summed E-state index contributed by atoms with van der Waals surface area (Å²) in [5.74, 6) is 0.804. The van der Waals surface area contributed by atoms with Crippen molar-refractivity contribution in [3.05, 3.63) is 12.3 Å². The molecule has 1 unspecified atom stereocenters. The summed E-state index contributed by atoms with van der Waals surface area (Å²) in [5, 5.41) is 0. The molecule has 0 aromatic rings. The van der Waals surface area contributed by atoms with Gasteiger partial charge in [0.25, 0.3) is 0 Å². The Labute approximate surface area is 190 Å². The van der Waals surface area contributed by atoms with Crippen LogP contribution in [0, 0.1) is 0 Å². The van der Waals surface area contributed by atoms with Gasteiger partial charge in [0.05, 0.1) is 6.61 Å². The fraction of sp³-hybridized carbons (Fsp3) is 0.929. The van der Waals surface area contributed by atoms with E-state index in [4.69, 9.17) is 9.47 Å². The predicted molar refractivity (Wildman–Crippen MR) is 134 cm³/mol. The van der Waals surface area contributed by atoms with Crippen molar-refractivity contribution in [1.29, 1.82) is 0 Å². The average molecular weight is 425 g/mol. The number of rotatable bonds is 25. The van der Waals surface area contributed by atoms with Crippen LogP contribution in [-0.4, -0.2) is 19.3 Å². The van der Waals surface area contributed by atoms with Crippen molar-refractivity contribution in [3.63, 3.8) is 0 Å². The van der Waals surface area contributed by atoms with E-state index in [-0.39, 0.29) is 6.10 Å². The van der Waals surface area contributed by atoms with Crippen LogP contribution in [0.4, 0.5) is 0 Å². The van der Waals surface area contributed by atoms with Gasteiger partial charge in [-0.25, -0.2) is 0 Å². The van der Waals surface area contributed by atoms with Crippen molar-refractivity contribution in [2.45, 2.75) is 155 Å². The molecule has 0 heterocycles. The van der Waals surface area contributed by atoms with Crippen molar-refractivity contribution in [2.24, 2.45) is 0 Å². The second kappa shape index (κ2) is 24.8. The highest BCUT2D eigenvalue weighted by Gasteiger charge is 2.08. The quantitative estimate of drug-likeness (QED) is 0.107. The van der Waals surface area contributed by atoms with Crippen LogP contribution in [0.15, 0.2) is 12.3 Å². The van der Waals surface area contributed by atoms with E-state index in [0.717, 1.165) is 31.8 Å². The molecule has 0 rings (SSSR count). The molecule has 0 aliphatic heterocycles. The molecule has 2 heteroatoms. The topological polar surface area (TPSA) is 18.5 Å². The first kappa shape index (κ1) is 29.5. The normalized spacial score (nSPS) is 12.2. The monoisotopic (exact) mass is 424 g/mol. The summed E-state index contributed by atoms with van der Waals surface area (Å²) in [6.07, 6.45) is 27.2. The van der Waals surface area contributed by atoms with Crippen molar-refractivity contribution in [3.8, 4) is 0 Å². The van der Waals surface area contributed by atoms with E-state index in [1.54, 1.807) is 0 Å². The first-order valence-corrected chi connectivity index (χ1v) is 13.7. The Bertz CT molecular complexity index is 340.